The second kappa shape index (κ2) is 7.29. The molecule has 4 unspecified atom stereocenters. The first-order valence-corrected chi connectivity index (χ1v) is 6.91. The van der Waals surface area contributed by atoms with Crippen molar-refractivity contribution >= 4 is 0 Å². The predicted octanol–water partition coefficient (Wildman–Crippen LogP) is 3.06. The topological polar surface area (TPSA) is 35.2 Å². The van der Waals surface area contributed by atoms with Gasteiger partial charge in [-0.25, -0.2) is 0 Å². The Kier molecular flexibility index (Phi) is 6.37. The van der Waals surface area contributed by atoms with Crippen molar-refractivity contribution in [2.45, 2.75) is 46.0 Å². The zero-order valence-electron chi connectivity index (χ0n) is 11.2. The highest BCUT2D eigenvalue weighted by Crippen LogP contribution is 2.39. The molecule has 16 heavy (non-hydrogen) atoms. The van der Waals surface area contributed by atoms with Gasteiger partial charge in [0.15, 0.2) is 0 Å². The standard InChI is InChI=1S/C14H29NO/c1-4-5-12-6-7-13(9-15)14(8-12)11(2)10-16-3/h11-14H,4-10,15H2,1-3H3. The summed E-state index contributed by atoms with van der Waals surface area (Å²) in [5.74, 6) is 3.13. The van der Waals surface area contributed by atoms with Gasteiger partial charge in [0.05, 0.1) is 0 Å². The molecule has 2 N–H and O–H groups in total. The molecule has 0 bridgehead atoms. The van der Waals surface area contributed by atoms with Gasteiger partial charge < -0.3 is 10.5 Å². The fourth-order valence-electron chi connectivity index (χ4n) is 3.41. The summed E-state index contributed by atoms with van der Waals surface area (Å²) < 4.78 is 5.30. The van der Waals surface area contributed by atoms with Crippen LogP contribution in [-0.2, 0) is 4.74 Å². The molecule has 0 amide bonds. The molecule has 2 heteroatoms. The van der Waals surface area contributed by atoms with Gasteiger partial charge >= 0.3 is 0 Å². The van der Waals surface area contributed by atoms with Gasteiger partial charge in [0, 0.05) is 13.7 Å². The lowest BCUT2D eigenvalue weighted by Crippen LogP contribution is -2.35. The number of nitrogens with two attached hydrogens (primary N) is 1. The Hall–Kier alpha value is -0.0800. The van der Waals surface area contributed by atoms with Gasteiger partial charge in [0.1, 0.15) is 0 Å². The largest absolute Gasteiger partial charge is 0.384 e. The Morgan fingerprint density at radius 2 is 2.12 bits per heavy atom. The predicted molar refractivity (Wildman–Crippen MR) is 69.3 cm³/mol. The van der Waals surface area contributed by atoms with Crippen molar-refractivity contribution in [3.63, 3.8) is 0 Å². The quantitative estimate of drug-likeness (QED) is 0.757. The average molecular weight is 227 g/mol. The van der Waals surface area contributed by atoms with Gasteiger partial charge in [-0.3, -0.25) is 0 Å². The molecule has 1 rings (SSSR count). The SMILES string of the molecule is CCCC1CCC(CN)C(C(C)COC)C1. The molecule has 0 saturated heterocycles. The summed E-state index contributed by atoms with van der Waals surface area (Å²) in [6.45, 7) is 6.37. The molecule has 1 saturated carbocycles. The molecule has 0 spiro atoms. The van der Waals surface area contributed by atoms with E-state index < -0.39 is 0 Å². The minimum atomic E-state index is 0.665. The van der Waals surface area contributed by atoms with Crippen molar-refractivity contribution < 1.29 is 4.74 Å². The summed E-state index contributed by atoms with van der Waals surface area (Å²) in [5.41, 5.74) is 5.91. The molecule has 0 radical (unpaired) electrons. The van der Waals surface area contributed by atoms with Crippen molar-refractivity contribution in [1.29, 1.82) is 0 Å². The first kappa shape index (κ1) is 14.0. The smallest absolute Gasteiger partial charge is 0.0490 e. The lowest BCUT2D eigenvalue weighted by molar-refractivity contribution is 0.0668. The highest BCUT2D eigenvalue weighted by atomic mass is 16.5. The van der Waals surface area contributed by atoms with Crippen LogP contribution in [0.4, 0.5) is 0 Å². The van der Waals surface area contributed by atoms with Crippen LogP contribution in [-0.4, -0.2) is 20.3 Å². The fraction of sp³-hybridized carbons (Fsp3) is 1.00. The van der Waals surface area contributed by atoms with Crippen LogP contribution in [0.1, 0.15) is 46.0 Å². The maximum Gasteiger partial charge on any atom is 0.0490 e. The molecule has 0 aromatic carbocycles. The molecular weight excluding hydrogens is 198 g/mol. The van der Waals surface area contributed by atoms with E-state index in [1.165, 1.54) is 32.1 Å². The van der Waals surface area contributed by atoms with Crippen molar-refractivity contribution in [3.8, 4) is 0 Å². The Labute approximate surface area is 101 Å². The normalized spacial score (nSPS) is 32.6. The van der Waals surface area contributed by atoms with Gasteiger partial charge in [0.25, 0.3) is 0 Å². The maximum atomic E-state index is 5.91. The number of methoxy groups -OCH3 is 1. The number of hydrogen-bond acceptors (Lipinski definition) is 2. The first-order valence-electron chi connectivity index (χ1n) is 6.91. The Balaban J connectivity index is 2.52. The van der Waals surface area contributed by atoms with E-state index in [1.807, 2.05) is 0 Å². The Morgan fingerprint density at radius 1 is 1.38 bits per heavy atom. The highest BCUT2D eigenvalue weighted by molar-refractivity contribution is 4.83. The van der Waals surface area contributed by atoms with Crippen LogP contribution in [0.15, 0.2) is 0 Å². The molecule has 4 atom stereocenters. The molecule has 1 aliphatic carbocycles. The third-order valence-electron chi connectivity index (χ3n) is 4.32. The van der Waals surface area contributed by atoms with E-state index in [1.54, 1.807) is 7.11 Å². The molecule has 0 heterocycles. The Bertz CT molecular complexity index is 184. The minimum Gasteiger partial charge on any atom is -0.384 e. The third-order valence-corrected chi connectivity index (χ3v) is 4.32. The van der Waals surface area contributed by atoms with Crippen LogP contribution >= 0.6 is 0 Å². The molecule has 0 aromatic heterocycles. The second-order valence-corrected chi connectivity index (χ2v) is 5.56. The minimum absolute atomic E-state index is 0.665. The lowest BCUT2D eigenvalue weighted by Gasteiger charge is -2.39. The van der Waals surface area contributed by atoms with E-state index in [2.05, 4.69) is 13.8 Å². The average Bonchev–Trinajstić information content (AvgIpc) is 2.30. The van der Waals surface area contributed by atoms with Crippen LogP contribution in [0.25, 0.3) is 0 Å². The van der Waals surface area contributed by atoms with Gasteiger partial charge in [-0.15, -0.1) is 0 Å². The molecular formula is C14H29NO. The highest BCUT2D eigenvalue weighted by Gasteiger charge is 2.32. The maximum absolute atomic E-state index is 5.91. The van der Waals surface area contributed by atoms with E-state index in [0.29, 0.717) is 5.92 Å². The first-order chi connectivity index (χ1) is 7.72. The third kappa shape index (κ3) is 3.74. The molecule has 0 aliphatic heterocycles. The van der Waals surface area contributed by atoms with Crippen LogP contribution < -0.4 is 5.73 Å². The van der Waals surface area contributed by atoms with E-state index in [-0.39, 0.29) is 0 Å². The molecule has 0 aromatic rings. The molecule has 96 valence electrons. The molecule has 1 aliphatic rings. The van der Waals surface area contributed by atoms with Gasteiger partial charge in [-0.1, -0.05) is 33.1 Å². The number of rotatable bonds is 6. The van der Waals surface area contributed by atoms with Crippen LogP contribution in [0.2, 0.25) is 0 Å². The summed E-state index contributed by atoms with van der Waals surface area (Å²) in [7, 11) is 1.81. The lowest BCUT2D eigenvalue weighted by atomic mass is 9.68. The zero-order valence-corrected chi connectivity index (χ0v) is 11.2. The van der Waals surface area contributed by atoms with Crippen molar-refractivity contribution in [2.75, 3.05) is 20.3 Å². The van der Waals surface area contributed by atoms with Gasteiger partial charge in [0.2, 0.25) is 0 Å². The van der Waals surface area contributed by atoms with E-state index in [9.17, 15) is 0 Å². The molecule has 2 nitrogen and oxygen atoms in total. The van der Waals surface area contributed by atoms with Gasteiger partial charge in [-0.05, 0) is 43.1 Å². The summed E-state index contributed by atoms with van der Waals surface area (Å²) in [5, 5.41) is 0. The van der Waals surface area contributed by atoms with Crippen LogP contribution in [0.5, 0.6) is 0 Å². The monoisotopic (exact) mass is 227 g/mol. The van der Waals surface area contributed by atoms with Crippen molar-refractivity contribution in [3.05, 3.63) is 0 Å². The molecule has 1 fully saturated rings. The Morgan fingerprint density at radius 3 is 2.69 bits per heavy atom. The zero-order chi connectivity index (χ0) is 12.0. The van der Waals surface area contributed by atoms with Crippen LogP contribution in [0, 0.1) is 23.7 Å². The number of hydrogen-bond donors (Lipinski definition) is 1. The summed E-state index contributed by atoms with van der Waals surface area (Å²) in [4.78, 5) is 0. The second-order valence-electron chi connectivity index (χ2n) is 5.56. The van der Waals surface area contributed by atoms with Crippen molar-refractivity contribution in [2.24, 2.45) is 29.4 Å². The van der Waals surface area contributed by atoms with E-state index >= 15 is 0 Å². The van der Waals surface area contributed by atoms with Crippen molar-refractivity contribution in [1.82, 2.24) is 0 Å². The fourth-order valence-corrected chi connectivity index (χ4v) is 3.41. The summed E-state index contributed by atoms with van der Waals surface area (Å²) in [6, 6.07) is 0. The van der Waals surface area contributed by atoms with Gasteiger partial charge in [-0.2, -0.15) is 0 Å². The summed E-state index contributed by atoms with van der Waals surface area (Å²) >= 11 is 0. The van der Waals surface area contributed by atoms with Crippen LogP contribution in [0.3, 0.4) is 0 Å². The van der Waals surface area contributed by atoms with E-state index in [4.69, 9.17) is 10.5 Å². The number of ether oxygens (including phenoxy) is 1. The summed E-state index contributed by atoms with van der Waals surface area (Å²) in [6.07, 6.45) is 6.82. The van der Waals surface area contributed by atoms with E-state index in [0.717, 1.165) is 30.9 Å².